The highest BCUT2D eigenvalue weighted by Crippen LogP contribution is 2.26. The second-order valence-electron chi connectivity index (χ2n) is 3.91. The zero-order valence-electron chi connectivity index (χ0n) is 8.33. The van der Waals surface area contributed by atoms with E-state index in [4.69, 9.17) is 5.73 Å². The van der Waals surface area contributed by atoms with E-state index < -0.39 is 0 Å². The monoisotopic (exact) mass is 196 g/mol. The van der Waals surface area contributed by atoms with Gasteiger partial charge in [0.05, 0.1) is 0 Å². The Kier molecular flexibility index (Phi) is 2.86. The maximum absolute atomic E-state index is 5.58. The third kappa shape index (κ3) is 2.15. The van der Waals surface area contributed by atoms with Crippen LogP contribution in [0, 0.1) is 6.92 Å². The molecule has 0 fully saturated rings. The number of rotatable bonds is 2. The standard InChI is InChI=1S/C10H16N2S/c1-7-8(10(2,3)6-13)4-5-9(11)12-7/h4-5,13H,6H2,1-3H3,(H2,11,12). The molecule has 1 heterocycles. The summed E-state index contributed by atoms with van der Waals surface area (Å²) in [6, 6.07) is 3.88. The highest BCUT2D eigenvalue weighted by molar-refractivity contribution is 7.80. The maximum Gasteiger partial charge on any atom is 0.123 e. The van der Waals surface area contributed by atoms with E-state index in [0.29, 0.717) is 5.82 Å². The van der Waals surface area contributed by atoms with Crippen LogP contribution in [0.2, 0.25) is 0 Å². The molecular formula is C10H16N2S. The number of hydrogen-bond donors (Lipinski definition) is 2. The maximum atomic E-state index is 5.58. The van der Waals surface area contributed by atoms with Gasteiger partial charge < -0.3 is 5.73 Å². The Bertz CT molecular complexity index is 308. The van der Waals surface area contributed by atoms with E-state index in [2.05, 4.69) is 31.5 Å². The van der Waals surface area contributed by atoms with Crippen molar-refractivity contribution in [2.24, 2.45) is 0 Å². The minimum absolute atomic E-state index is 0.0634. The highest BCUT2D eigenvalue weighted by Gasteiger charge is 2.21. The number of thiol groups is 1. The van der Waals surface area contributed by atoms with E-state index in [0.717, 1.165) is 11.4 Å². The molecule has 0 saturated carbocycles. The van der Waals surface area contributed by atoms with Crippen LogP contribution in [0.1, 0.15) is 25.1 Å². The third-order valence-corrected chi connectivity index (χ3v) is 3.02. The molecule has 0 aliphatic carbocycles. The highest BCUT2D eigenvalue weighted by atomic mass is 32.1. The Hall–Kier alpha value is -0.700. The Balaban J connectivity index is 3.16. The number of aryl methyl sites for hydroxylation is 1. The van der Waals surface area contributed by atoms with E-state index in [9.17, 15) is 0 Å². The van der Waals surface area contributed by atoms with Crippen molar-refractivity contribution >= 4 is 18.4 Å². The van der Waals surface area contributed by atoms with Crippen molar-refractivity contribution in [1.82, 2.24) is 4.98 Å². The van der Waals surface area contributed by atoms with Crippen molar-refractivity contribution in [2.45, 2.75) is 26.2 Å². The molecule has 0 spiro atoms. The molecule has 1 rings (SSSR count). The zero-order chi connectivity index (χ0) is 10.1. The van der Waals surface area contributed by atoms with Crippen LogP contribution >= 0.6 is 12.6 Å². The minimum atomic E-state index is 0.0634. The summed E-state index contributed by atoms with van der Waals surface area (Å²) >= 11 is 4.33. The van der Waals surface area contributed by atoms with Gasteiger partial charge in [-0.3, -0.25) is 0 Å². The number of aromatic nitrogens is 1. The van der Waals surface area contributed by atoms with Crippen molar-refractivity contribution in [3.05, 3.63) is 23.4 Å². The van der Waals surface area contributed by atoms with E-state index >= 15 is 0 Å². The Morgan fingerprint density at radius 3 is 2.54 bits per heavy atom. The lowest BCUT2D eigenvalue weighted by molar-refractivity contribution is 0.596. The molecule has 3 heteroatoms. The molecule has 2 nitrogen and oxygen atoms in total. The van der Waals surface area contributed by atoms with Crippen molar-refractivity contribution in [3.8, 4) is 0 Å². The smallest absolute Gasteiger partial charge is 0.123 e. The summed E-state index contributed by atoms with van der Waals surface area (Å²) in [5, 5.41) is 0. The molecule has 1 aromatic rings. The first-order valence-corrected chi connectivity index (χ1v) is 4.95. The molecule has 0 aliphatic rings. The topological polar surface area (TPSA) is 38.9 Å². The van der Waals surface area contributed by atoms with E-state index in [1.807, 2.05) is 19.1 Å². The zero-order valence-corrected chi connectivity index (χ0v) is 9.23. The molecule has 1 aromatic heterocycles. The first-order chi connectivity index (χ1) is 5.97. The Labute approximate surface area is 85.0 Å². The van der Waals surface area contributed by atoms with Crippen LogP contribution in [0.15, 0.2) is 12.1 Å². The van der Waals surface area contributed by atoms with Gasteiger partial charge in [0.15, 0.2) is 0 Å². The molecule has 0 aromatic carbocycles. The van der Waals surface area contributed by atoms with Gasteiger partial charge in [-0.15, -0.1) is 0 Å². The molecule has 0 unspecified atom stereocenters. The van der Waals surface area contributed by atoms with Gasteiger partial charge in [0.1, 0.15) is 5.82 Å². The largest absolute Gasteiger partial charge is 0.384 e. The minimum Gasteiger partial charge on any atom is -0.384 e. The average Bonchev–Trinajstić information content (AvgIpc) is 2.03. The van der Waals surface area contributed by atoms with Gasteiger partial charge in [-0.25, -0.2) is 4.98 Å². The van der Waals surface area contributed by atoms with Crippen LogP contribution < -0.4 is 5.73 Å². The van der Waals surface area contributed by atoms with E-state index in [1.165, 1.54) is 5.56 Å². The normalized spacial score (nSPS) is 11.7. The molecule has 0 bridgehead atoms. The molecule has 13 heavy (non-hydrogen) atoms. The first kappa shape index (κ1) is 10.4. The van der Waals surface area contributed by atoms with Gasteiger partial charge in [0.25, 0.3) is 0 Å². The number of hydrogen-bond acceptors (Lipinski definition) is 3. The predicted molar refractivity (Wildman–Crippen MR) is 60.3 cm³/mol. The number of pyridine rings is 1. The third-order valence-electron chi connectivity index (χ3n) is 2.23. The van der Waals surface area contributed by atoms with Crippen LogP contribution in [0.25, 0.3) is 0 Å². The molecule has 0 amide bonds. The lowest BCUT2D eigenvalue weighted by atomic mass is 9.86. The fourth-order valence-corrected chi connectivity index (χ4v) is 1.55. The lowest BCUT2D eigenvalue weighted by Gasteiger charge is -2.24. The summed E-state index contributed by atoms with van der Waals surface area (Å²) < 4.78 is 0. The SMILES string of the molecule is Cc1nc(N)ccc1C(C)(C)CS. The molecule has 0 saturated heterocycles. The summed E-state index contributed by atoms with van der Waals surface area (Å²) in [5.74, 6) is 1.38. The van der Waals surface area contributed by atoms with Crippen LogP contribution in [0.4, 0.5) is 5.82 Å². The van der Waals surface area contributed by atoms with Gasteiger partial charge in [0.2, 0.25) is 0 Å². The molecule has 0 atom stereocenters. The Morgan fingerprint density at radius 2 is 2.08 bits per heavy atom. The first-order valence-electron chi connectivity index (χ1n) is 4.32. The fourth-order valence-electron chi connectivity index (χ4n) is 1.38. The van der Waals surface area contributed by atoms with Crippen molar-refractivity contribution in [3.63, 3.8) is 0 Å². The number of nitrogens with zero attached hydrogens (tertiary/aromatic N) is 1. The summed E-state index contributed by atoms with van der Waals surface area (Å²) in [5.41, 5.74) is 7.86. The predicted octanol–water partition coefficient (Wildman–Crippen LogP) is 2.18. The quantitative estimate of drug-likeness (QED) is 0.712. The molecular weight excluding hydrogens is 180 g/mol. The fraction of sp³-hybridized carbons (Fsp3) is 0.500. The molecule has 0 radical (unpaired) electrons. The summed E-state index contributed by atoms with van der Waals surface area (Å²) in [7, 11) is 0. The second-order valence-corrected chi connectivity index (χ2v) is 4.23. The van der Waals surface area contributed by atoms with Crippen LogP contribution in [-0.4, -0.2) is 10.7 Å². The van der Waals surface area contributed by atoms with Crippen LogP contribution in [-0.2, 0) is 5.41 Å². The second kappa shape index (κ2) is 3.58. The lowest BCUT2D eigenvalue weighted by Crippen LogP contribution is -2.21. The van der Waals surface area contributed by atoms with Crippen molar-refractivity contribution in [2.75, 3.05) is 11.5 Å². The Morgan fingerprint density at radius 1 is 1.46 bits per heavy atom. The van der Waals surface area contributed by atoms with E-state index in [1.54, 1.807) is 0 Å². The molecule has 72 valence electrons. The van der Waals surface area contributed by atoms with E-state index in [-0.39, 0.29) is 5.41 Å². The number of nitrogens with two attached hydrogens (primary N) is 1. The van der Waals surface area contributed by atoms with Gasteiger partial charge in [-0.2, -0.15) is 12.6 Å². The number of anilines is 1. The van der Waals surface area contributed by atoms with Gasteiger partial charge >= 0.3 is 0 Å². The number of nitrogen functional groups attached to an aromatic ring is 1. The van der Waals surface area contributed by atoms with Crippen LogP contribution in [0.3, 0.4) is 0 Å². The summed E-state index contributed by atoms with van der Waals surface area (Å²) in [4.78, 5) is 4.23. The molecule has 0 aliphatic heterocycles. The average molecular weight is 196 g/mol. The van der Waals surface area contributed by atoms with Crippen molar-refractivity contribution in [1.29, 1.82) is 0 Å². The summed E-state index contributed by atoms with van der Waals surface area (Å²) in [6.07, 6.45) is 0. The van der Waals surface area contributed by atoms with Crippen molar-refractivity contribution < 1.29 is 0 Å². The van der Waals surface area contributed by atoms with Gasteiger partial charge in [0, 0.05) is 11.1 Å². The van der Waals surface area contributed by atoms with Gasteiger partial charge in [-0.1, -0.05) is 19.9 Å². The van der Waals surface area contributed by atoms with Gasteiger partial charge in [-0.05, 0) is 24.3 Å². The molecule has 2 N–H and O–H groups in total. The summed E-state index contributed by atoms with van der Waals surface area (Å²) in [6.45, 7) is 6.29. The van der Waals surface area contributed by atoms with Crippen LogP contribution in [0.5, 0.6) is 0 Å².